The van der Waals surface area contributed by atoms with E-state index in [-0.39, 0.29) is 18.7 Å². The van der Waals surface area contributed by atoms with Crippen molar-refractivity contribution in [2.75, 3.05) is 13.2 Å². The number of hydrogen-bond acceptors (Lipinski definition) is 2. The normalized spacial score (nSPS) is 11.8. The minimum atomic E-state index is -0.275. The average molecular weight is 236 g/mol. The molecule has 0 heterocycles. The number of ether oxygens (including phenoxy) is 2. The SMILES string of the molecule is CCOC(C)OCC#Cc1cc(F)ccc1C. The van der Waals surface area contributed by atoms with Crippen LogP contribution in [0.25, 0.3) is 0 Å². The molecular formula is C14H17FO2. The molecule has 0 amide bonds. The summed E-state index contributed by atoms with van der Waals surface area (Å²) in [6, 6.07) is 4.56. The van der Waals surface area contributed by atoms with Gasteiger partial charge < -0.3 is 9.47 Å². The third-order valence-corrected chi connectivity index (χ3v) is 2.21. The Hall–Kier alpha value is -1.37. The molecule has 2 nitrogen and oxygen atoms in total. The highest BCUT2D eigenvalue weighted by atomic mass is 19.1. The van der Waals surface area contributed by atoms with E-state index in [2.05, 4.69) is 11.8 Å². The summed E-state index contributed by atoms with van der Waals surface area (Å²) in [4.78, 5) is 0. The van der Waals surface area contributed by atoms with Crippen LogP contribution in [0.2, 0.25) is 0 Å². The summed E-state index contributed by atoms with van der Waals surface area (Å²) in [7, 11) is 0. The first-order valence-corrected chi connectivity index (χ1v) is 5.61. The summed E-state index contributed by atoms with van der Waals surface area (Å²) in [6.45, 7) is 6.50. The van der Waals surface area contributed by atoms with E-state index in [1.54, 1.807) is 6.07 Å². The van der Waals surface area contributed by atoms with Crippen molar-refractivity contribution < 1.29 is 13.9 Å². The van der Waals surface area contributed by atoms with Crippen molar-refractivity contribution in [2.24, 2.45) is 0 Å². The van der Waals surface area contributed by atoms with Crippen molar-refractivity contribution in [1.29, 1.82) is 0 Å². The van der Waals surface area contributed by atoms with E-state index in [1.165, 1.54) is 12.1 Å². The lowest BCUT2D eigenvalue weighted by molar-refractivity contribution is -0.117. The van der Waals surface area contributed by atoms with E-state index in [0.717, 1.165) is 5.56 Å². The van der Waals surface area contributed by atoms with Gasteiger partial charge in [0.05, 0.1) is 0 Å². The fourth-order valence-electron chi connectivity index (χ4n) is 1.30. The van der Waals surface area contributed by atoms with Crippen LogP contribution < -0.4 is 0 Å². The molecule has 0 spiro atoms. The summed E-state index contributed by atoms with van der Waals surface area (Å²) in [5, 5.41) is 0. The molecule has 0 fully saturated rings. The zero-order valence-electron chi connectivity index (χ0n) is 10.4. The Morgan fingerprint density at radius 2 is 2.12 bits per heavy atom. The smallest absolute Gasteiger partial charge is 0.156 e. The number of halogens is 1. The maximum absolute atomic E-state index is 13.0. The van der Waals surface area contributed by atoms with Crippen LogP contribution in [0.4, 0.5) is 4.39 Å². The third-order valence-electron chi connectivity index (χ3n) is 2.21. The molecule has 0 N–H and O–H groups in total. The van der Waals surface area contributed by atoms with Crippen molar-refractivity contribution >= 4 is 0 Å². The van der Waals surface area contributed by atoms with Gasteiger partial charge in [0.25, 0.3) is 0 Å². The van der Waals surface area contributed by atoms with Crippen molar-refractivity contribution in [1.82, 2.24) is 0 Å². The number of aryl methyl sites for hydroxylation is 1. The highest BCUT2D eigenvalue weighted by Gasteiger charge is 1.98. The van der Waals surface area contributed by atoms with Gasteiger partial charge in [-0.3, -0.25) is 0 Å². The van der Waals surface area contributed by atoms with E-state index >= 15 is 0 Å². The molecule has 1 aromatic carbocycles. The Bertz CT molecular complexity index is 418. The van der Waals surface area contributed by atoms with Gasteiger partial charge >= 0.3 is 0 Å². The van der Waals surface area contributed by atoms with E-state index in [0.29, 0.717) is 12.2 Å². The Balaban J connectivity index is 2.51. The van der Waals surface area contributed by atoms with Crippen LogP contribution in [0, 0.1) is 24.6 Å². The van der Waals surface area contributed by atoms with Gasteiger partial charge in [0.1, 0.15) is 12.4 Å². The molecule has 17 heavy (non-hydrogen) atoms. The quantitative estimate of drug-likeness (QED) is 0.591. The standard InChI is InChI=1S/C14H17FO2/c1-4-16-12(3)17-9-5-6-13-10-14(15)8-7-11(13)2/h7-8,10,12H,4,9H2,1-3H3. The minimum Gasteiger partial charge on any atom is -0.353 e. The third kappa shape index (κ3) is 4.99. The predicted octanol–water partition coefficient (Wildman–Crippen LogP) is 2.88. The van der Waals surface area contributed by atoms with E-state index in [1.807, 2.05) is 20.8 Å². The molecule has 3 heteroatoms. The lowest BCUT2D eigenvalue weighted by Crippen LogP contribution is -2.12. The molecule has 0 saturated carbocycles. The lowest BCUT2D eigenvalue weighted by atomic mass is 10.1. The van der Waals surface area contributed by atoms with Crippen LogP contribution in [-0.4, -0.2) is 19.5 Å². The predicted molar refractivity (Wildman–Crippen MR) is 65.1 cm³/mol. The maximum Gasteiger partial charge on any atom is 0.156 e. The van der Waals surface area contributed by atoms with Crippen LogP contribution in [-0.2, 0) is 9.47 Å². The molecule has 1 atom stereocenters. The summed E-state index contributed by atoms with van der Waals surface area (Å²) in [5.74, 6) is 5.45. The Morgan fingerprint density at radius 3 is 2.82 bits per heavy atom. The minimum absolute atomic E-state index is 0.261. The van der Waals surface area contributed by atoms with Crippen LogP contribution in [0.3, 0.4) is 0 Å². The summed E-state index contributed by atoms with van der Waals surface area (Å²) in [5.41, 5.74) is 1.65. The number of rotatable bonds is 4. The Labute approximate surface area is 102 Å². The highest BCUT2D eigenvalue weighted by Crippen LogP contribution is 2.08. The molecule has 0 aliphatic carbocycles. The van der Waals surface area contributed by atoms with Gasteiger partial charge in [-0.15, -0.1) is 0 Å². The van der Waals surface area contributed by atoms with Crippen LogP contribution in [0.5, 0.6) is 0 Å². The van der Waals surface area contributed by atoms with E-state index in [4.69, 9.17) is 9.47 Å². The first-order valence-electron chi connectivity index (χ1n) is 5.61. The zero-order chi connectivity index (χ0) is 12.7. The van der Waals surface area contributed by atoms with Crippen LogP contribution in [0.15, 0.2) is 18.2 Å². The van der Waals surface area contributed by atoms with Gasteiger partial charge in [-0.05, 0) is 38.5 Å². The first kappa shape index (κ1) is 13.7. The highest BCUT2D eigenvalue weighted by molar-refractivity contribution is 5.40. The van der Waals surface area contributed by atoms with Gasteiger partial charge in [0, 0.05) is 12.2 Å². The molecule has 92 valence electrons. The molecule has 0 aromatic heterocycles. The van der Waals surface area contributed by atoms with Crippen molar-refractivity contribution in [2.45, 2.75) is 27.1 Å². The van der Waals surface area contributed by atoms with Crippen LogP contribution >= 0.6 is 0 Å². The van der Waals surface area contributed by atoms with E-state index < -0.39 is 0 Å². The topological polar surface area (TPSA) is 18.5 Å². The molecule has 1 aromatic rings. The number of hydrogen-bond donors (Lipinski definition) is 0. The van der Waals surface area contributed by atoms with E-state index in [9.17, 15) is 4.39 Å². The zero-order valence-corrected chi connectivity index (χ0v) is 10.4. The second kappa shape index (κ2) is 7.05. The largest absolute Gasteiger partial charge is 0.353 e. The fraction of sp³-hybridized carbons (Fsp3) is 0.429. The van der Waals surface area contributed by atoms with Gasteiger partial charge in [-0.1, -0.05) is 17.9 Å². The molecular weight excluding hydrogens is 219 g/mol. The van der Waals surface area contributed by atoms with Gasteiger partial charge in [-0.2, -0.15) is 0 Å². The van der Waals surface area contributed by atoms with Crippen molar-refractivity contribution in [3.8, 4) is 11.8 Å². The van der Waals surface area contributed by atoms with Gasteiger partial charge in [-0.25, -0.2) is 4.39 Å². The van der Waals surface area contributed by atoms with Crippen molar-refractivity contribution in [3.05, 3.63) is 35.1 Å². The van der Waals surface area contributed by atoms with Gasteiger partial charge in [0.15, 0.2) is 6.29 Å². The summed E-state index contributed by atoms with van der Waals surface area (Å²) in [6.07, 6.45) is -0.261. The maximum atomic E-state index is 13.0. The average Bonchev–Trinajstić information content (AvgIpc) is 2.29. The molecule has 1 unspecified atom stereocenters. The molecule has 1 rings (SSSR count). The molecule has 0 aliphatic heterocycles. The fourth-order valence-corrected chi connectivity index (χ4v) is 1.30. The Kier molecular flexibility index (Phi) is 5.68. The Morgan fingerprint density at radius 1 is 1.35 bits per heavy atom. The molecule has 0 aliphatic rings. The summed E-state index contributed by atoms with van der Waals surface area (Å²) >= 11 is 0. The second-order valence-corrected chi connectivity index (χ2v) is 3.59. The number of benzene rings is 1. The lowest BCUT2D eigenvalue weighted by Gasteiger charge is -2.09. The first-order chi connectivity index (χ1) is 8.13. The van der Waals surface area contributed by atoms with Gasteiger partial charge in [0.2, 0.25) is 0 Å². The molecule has 0 radical (unpaired) electrons. The van der Waals surface area contributed by atoms with Crippen LogP contribution in [0.1, 0.15) is 25.0 Å². The monoisotopic (exact) mass is 236 g/mol. The molecule has 0 bridgehead atoms. The second-order valence-electron chi connectivity index (χ2n) is 3.59. The summed E-state index contributed by atoms with van der Waals surface area (Å²) < 4.78 is 23.4. The molecule has 0 saturated heterocycles. The van der Waals surface area contributed by atoms with Crippen molar-refractivity contribution in [3.63, 3.8) is 0 Å².